The van der Waals surface area contributed by atoms with Crippen molar-refractivity contribution in [1.29, 1.82) is 0 Å². The van der Waals surface area contributed by atoms with Gasteiger partial charge in [-0.2, -0.15) is 0 Å². The van der Waals surface area contributed by atoms with E-state index in [9.17, 15) is 13.2 Å². The van der Waals surface area contributed by atoms with Gasteiger partial charge in [0.1, 0.15) is 5.75 Å². The van der Waals surface area contributed by atoms with Gasteiger partial charge in [0, 0.05) is 6.20 Å². The maximum Gasteiger partial charge on any atom is 0.239 e. The zero-order valence-electron chi connectivity index (χ0n) is 12.4. The zero-order valence-corrected chi connectivity index (χ0v) is 13.2. The summed E-state index contributed by atoms with van der Waals surface area (Å²) < 4.78 is 25.9. The highest BCUT2D eigenvalue weighted by Crippen LogP contribution is 2.02. The van der Waals surface area contributed by atoms with Crippen LogP contribution in [-0.2, 0) is 14.8 Å². The van der Waals surface area contributed by atoms with Gasteiger partial charge in [-0.3, -0.25) is 9.52 Å². The summed E-state index contributed by atoms with van der Waals surface area (Å²) in [7, 11) is -3.69. The normalized spacial score (nSPS) is 11.8. The molecule has 4 nitrogen and oxygen atoms in total. The maximum atomic E-state index is 11.8. The molecular formula is C18H17NO3S. The number of nitrogens with one attached hydrogen (secondary N) is 1. The van der Waals surface area contributed by atoms with Crippen LogP contribution in [0.4, 0.5) is 0 Å². The number of carbonyl (C=O) groups excluding carboxylic acids is 1. The lowest BCUT2D eigenvalue weighted by Crippen LogP contribution is -2.25. The average molecular weight is 327 g/mol. The van der Waals surface area contributed by atoms with Crippen LogP contribution in [0.2, 0.25) is 0 Å². The second kappa shape index (κ2) is 8.10. The summed E-state index contributed by atoms with van der Waals surface area (Å²) >= 11 is 0. The molecule has 0 saturated heterocycles. The highest BCUT2D eigenvalue weighted by atomic mass is 32.2. The van der Waals surface area contributed by atoms with Crippen molar-refractivity contribution >= 4 is 28.0 Å². The molecule has 0 amide bonds. The van der Waals surface area contributed by atoms with E-state index in [0.29, 0.717) is 0 Å². The monoisotopic (exact) mass is 327 g/mol. The first-order valence-electron chi connectivity index (χ1n) is 7.03. The van der Waals surface area contributed by atoms with Crippen LogP contribution in [-0.4, -0.2) is 20.0 Å². The SMILES string of the molecule is O=C(/C=C/c1ccccc1)CS(=O)(=O)N/C=C/c1ccccc1. The Hall–Kier alpha value is -2.66. The van der Waals surface area contributed by atoms with E-state index in [1.54, 1.807) is 12.2 Å². The molecule has 2 aromatic carbocycles. The van der Waals surface area contributed by atoms with Gasteiger partial charge in [-0.15, -0.1) is 0 Å². The molecule has 23 heavy (non-hydrogen) atoms. The number of ketones is 1. The number of sulfonamides is 1. The number of allylic oxidation sites excluding steroid dienone is 1. The smallest absolute Gasteiger partial charge is 0.239 e. The van der Waals surface area contributed by atoms with Crippen molar-refractivity contribution in [2.75, 3.05) is 5.75 Å². The van der Waals surface area contributed by atoms with E-state index in [2.05, 4.69) is 4.72 Å². The summed E-state index contributed by atoms with van der Waals surface area (Å²) in [4.78, 5) is 11.7. The van der Waals surface area contributed by atoms with Crippen LogP contribution in [0.1, 0.15) is 11.1 Å². The molecule has 0 unspecified atom stereocenters. The predicted molar refractivity (Wildman–Crippen MR) is 92.9 cm³/mol. The third-order valence-corrected chi connectivity index (χ3v) is 4.08. The molecule has 0 radical (unpaired) electrons. The predicted octanol–water partition coefficient (Wildman–Crippen LogP) is 2.86. The molecule has 0 aliphatic rings. The molecule has 118 valence electrons. The van der Waals surface area contributed by atoms with Crippen LogP contribution in [0, 0.1) is 0 Å². The Kier molecular flexibility index (Phi) is 5.88. The molecule has 0 fully saturated rings. The minimum Gasteiger partial charge on any atom is -0.294 e. The van der Waals surface area contributed by atoms with E-state index in [0.717, 1.165) is 11.1 Å². The quantitative estimate of drug-likeness (QED) is 0.795. The van der Waals surface area contributed by atoms with Crippen LogP contribution in [0.5, 0.6) is 0 Å². The molecule has 0 bridgehead atoms. The first kappa shape index (κ1) is 16.7. The van der Waals surface area contributed by atoms with Crippen molar-refractivity contribution in [3.8, 4) is 0 Å². The molecule has 0 spiro atoms. The van der Waals surface area contributed by atoms with Crippen molar-refractivity contribution in [1.82, 2.24) is 4.72 Å². The van der Waals surface area contributed by atoms with Crippen LogP contribution < -0.4 is 4.72 Å². The molecule has 0 aromatic heterocycles. The molecule has 0 aliphatic heterocycles. The van der Waals surface area contributed by atoms with Crippen molar-refractivity contribution in [3.63, 3.8) is 0 Å². The van der Waals surface area contributed by atoms with Gasteiger partial charge in [-0.25, -0.2) is 8.42 Å². The molecule has 2 aromatic rings. The lowest BCUT2D eigenvalue weighted by Gasteiger charge is -2.01. The third kappa shape index (κ3) is 6.32. The highest BCUT2D eigenvalue weighted by Gasteiger charge is 2.12. The Bertz CT molecular complexity index is 795. The van der Waals surface area contributed by atoms with Gasteiger partial charge < -0.3 is 0 Å². The standard InChI is InChI=1S/C18H17NO3S/c20-18(12-11-16-7-3-1-4-8-16)15-23(21,22)19-14-13-17-9-5-2-6-10-17/h1-14,19H,15H2/b12-11+,14-13+. The summed E-state index contributed by atoms with van der Waals surface area (Å²) in [5.74, 6) is -1.07. The summed E-state index contributed by atoms with van der Waals surface area (Å²) in [6.45, 7) is 0. The average Bonchev–Trinajstić information content (AvgIpc) is 2.54. The lowest BCUT2D eigenvalue weighted by atomic mass is 10.2. The van der Waals surface area contributed by atoms with Crippen molar-refractivity contribution in [3.05, 3.63) is 84.1 Å². The molecule has 1 N–H and O–H groups in total. The molecule has 0 heterocycles. The van der Waals surface area contributed by atoms with Crippen molar-refractivity contribution in [2.24, 2.45) is 0 Å². The second-order valence-electron chi connectivity index (χ2n) is 4.83. The zero-order chi connectivity index (χ0) is 16.5. The summed E-state index contributed by atoms with van der Waals surface area (Å²) in [6, 6.07) is 18.5. The van der Waals surface area contributed by atoms with E-state index in [-0.39, 0.29) is 0 Å². The maximum absolute atomic E-state index is 11.8. The van der Waals surface area contributed by atoms with E-state index in [4.69, 9.17) is 0 Å². The van der Waals surface area contributed by atoms with Crippen molar-refractivity contribution < 1.29 is 13.2 Å². The molecule has 0 atom stereocenters. The molecule has 0 aliphatic carbocycles. The Labute approximate surface area is 136 Å². The second-order valence-corrected chi connectivity index (χ2v) is 6.59. The van der Waals surface area contributed by atoms with E-state index < -0.39 is 21.6 Å². The summed E-state index contributed by atoms with van der Waals surface area (Å²) in [5.41, 5.74) is 1.71. The highest BCUT2D eigenvalue weighted by molar-refractivity contribution is 7.90. The first-order valence-corrected chi connectivity index (χ1v) is 8.68. The fourth-order valence-electron chi connectivity index (χ4n) is 1.83. The van der Waals surface area contributed by atoms with Gasteiger partial charge in [0.05, 0.1) is 0 Å². The van der Waals surface area contributed by atoms with Gasteiger partial charge in [-0.1, -0.05) is 66.7 Å². The first-order chi connectivity index (χ1) is 11.1. The van der Waals surface area contributed by atoms with E-state index in [1.165, 1.54) is 12.3 Å². The number of benzene rings is 2. The van der Waals surface area contributed by atoms with Crippen molar-refractivity contribution in [2.45, 2.75) is 0 Å². The summed E-state index contributed by atoms with van der Waals surface area (Å²) in [6.07, 6.45) is 5.81. The Morgan fingerprint density at radius 1 is 0.870 bits per heavy atom. The van der Waals surface area contributed by atoms with Crippen LogP contribution >= 0.6 is 0 Å². The van der Waals surface area contributed by atoms with Crippen LogP contribution in [0.15, 0.2) is 72.9 Å². The van der Waals surface area contributed by atoms with E-state index in [1.807, 2.05) is 60.7 Å². The Morgan fingerprint density at radius 3 is 1.96 bits per heavy atom. The molecule has 2 rings (SSSR count). The largest absolute Gasteiger partial charge is 0.294 e. The molecule has 5 heteroatoms. The third-order valence-electron chi connectivity index (χ3n) is 2.92. The fourth-order valence-corrected chi connectivity index (χ4v) is 2.66. The van der Waals surface area contributed by atoms with Crippen LogP contribution in [0.3, 0.4) is 0 Å². The summed E-state index contributed by atoms with van der Waals surface area (Å²) in [5, 5.41) is 0. The van der Waals surface area contributed by atoms with Gasteiger partial charge in [-0.05, 0) is 23.3 Å². The molecular weight excluding hydrogens is 310 g/mol. The fraction of sp³-hybridized carbons (Fsp3) is 0.0556. The van der Waals surface area contributed by atoms with Gasteiger partial charge in [0.25, 0.3) is 0 Å². The minimum atomic E-state index is -3.69. The van der Waals surface area contributed by atoms with Gasteiger partial charge in [0.2, 0.25) is 10.0 Å². The number of hydrogen-bond donors (Lipinski definition) is 1. The molecule has 0 saturated carbocycles. The topological polar surface area (TPSA) is 63.2 Å². The number of hydrogen-bond acceptors (Lipinski definition) is 3. The Morgan fingerprint density at radius 2 is 1.39 bits per heavy atom. The van der Waals surface area contributed by atoms with Gasteiger partial charge >= 0.3 is 0 Å². The van der Waals surface area contributed by atoms with E-state index >= 15 is 0 Å². The number of carbonyl (C=O) groups is 1. The number of rotatable bonds is 7. The van der Waals surface area contributed by atoms with Crippen LogP contribution in [0.25, 0.3) is 12.2 Å². The lowest BCUT2D eigenvalue weighted by molar-refractivity contribution is -0.112. The Balaban J connectivity index is 1.89. The minimum absolute atomic E-state index is 0.477. The van der Waals surface area contributed by atoms with Gasteiger partial charge in [0.15, 0.2) is 5.78 Å².